The lowest BCUT2D eigenvalue weighted by Crippen LogP contribution is -2.57. The van der Waals surface area contributed by atoms with Crippen LogP contribution >= 0.6 is 12.2 Å². The molecule has 13 heavy (non-hydrogen) atoms. The molecule has 0 saturated carbocycles. The smallest absolute Gasteiger partial charge is 0.448 e. The molecule has 0 aliphatic rings. The van der Waals surface area contributed by atoms with E-state index >= 15 is 0 Å². The van der Waals surface area contributed by atoms with Crippen LogP contribution in [0.25, 0.3) is 0 Å². The maximum absolute atomic E-state index is 10.5. The number of carboxylic acid groups (broad SMARTS) is 1. The van der Waals surface area contributed by atoms with Crippen LogP contribution in [0.5, 0.6) is 0 Å². The number of amides is 2. The van der Waals surface area contributed by atoms with Gasteiger partial charge in [-0.05, 0) is 12.2 Å². The highest BCUT2D eigenvalue weighted by molar-refractivity contribution is 7.80. The maximum Gasteiger partial charge on any atom is 0.528 e. The predicted molar refractivity (Wildman–Crippen MR) is 43.3 cm³/mol. The summed E-state index contributed by atoms with van der Waals surface area (Å²) in [5.41, 5.74) is 9.72. The standard InChI is InChI=1S/C3H7N5O4S/c4-1(9)7(2(5)13)8(6)12-3(10)11/h6H2,(H2,4,9)(H2,5,13)(H,10,11). The van der Waals surface area contributed by atoms with E-state index < -0.39 is 17.3 Å². The van der Waals surface area contributed by atoms with Crippen molar-refractivity contribution in [3.8, 4) is 0 Å². The number of thiocarbonyl (C=S) groups is 1. The third-order valence-electron chi connectivity index (χ3n) is 0.786. The van der Waals surface area contributed by atoms with Gasteiger partial charge in [-0.3, -0.25) is 4.84 Å². The summed E-state index contributed by atoms with van der Waals surface area (Å²) in [4.78, 5) is 24.3. The topological polar surface area (TPSA) is 148 Å². The van der Waals surface area contributed by atoms with Crippen LogP contribution in [0.1, 0.15) is 0 Å². The van der Waals surface area contributed by atoms with Crippen LogP contribution in [0.2, 0.25) is 0 Å². The van der Waals surface area contributed by atoms with Gasteiger partial charge in [-0.2, -0.15) is 5.01 Å². The molecule has 0 rings (SSSR count). The highest BCUT2D eigenvalue weighted by Crippen LogP contribution is 1.93. The van der Waals surface area contributed by atoms with Crippen molar-refractivity contribution in [3.05, 3.63) is 0 Å². The van der Waals surface area contributed by atoms with E-state index in [9.17, 15) is 9.59 Å². The van der Waals surface area contributed by atoms with Gasteiger partial charge in [0.2, 0.25) is 0 Å². The molecule has 0 unspecified atom stereocenters. The molecular formula is C3H7N5O4S. The van der Waals surface area contributed by atoms with Crippen molar-refractivity contribution in [2.75, 3.05) is 0 Å². The Kier molecular flexibility index (Phi) is 3.84. The Labute approximate surface area is 77.5 Å². The van der Waals surface area contributed by atoms with Gasteiger partial charge in [0.05, 0.1) is 0 Å². The Bertz CT molecular complexity index is 230. The minimum absolute atomic E-state index is 0.00694. The number of carbonyl (C=O) groups is 2. The molecular weight excluding hydrogens is 202 g/mol. The van der Waals surface area contributed by atoms with Crippen molar-refractivity contribution in [1.82, 2.24) is 10.3 Å². The summed E-state index contributed by atoms with van der Waals surface area (Å²) in [6, 6.07) is -1.17. The van der Waals surface area contributed by atoms with Crippen LogP contribution in [-0.2, 0) is 4.84 Å². The number of rotatable bonds is 2. The first kappa shape index (κ1) is 11.4. The van der Waals surface area contributed by atoms with Crippen LogP contribution in [0.15, 0.2) is 0 Å². The summed E-state index contributed by atoms with van der Waals surface area (Å²) in [7, 11) is 0. The molecule has 0 aliphatic carbocycles. The summed E-state index contributed by atoms with van der Waals surface area (Å²) < 4.78 is 0. The molecule has 0 bridgehead atoms. The van der Waals surface area contributed by atoms with E-state index in [1.54, 1.807) is 0 Å². The molecule has 0 saturated heterocycles. The number of nitrogens with zero attached hydrogens (tertiary/aromatic N) is 2. The zero-order valence-electron chi connectivity index (χ0n) is 6.21. The number of nitrogens with two attached hydrogens (primary N) is 3. The van der Waals surface area contributed by atoms with Crippen molar-refractivity contribution in [2.24, 2.45) is 17.3 Å². The average Bonchev–Trinajstić information content (AvgIpc) is 1.81. The van der Waals surface area contributed by atoms with E-state index in [1.807, 2.05) is 0 Å². The van der Waals surface area contributed by atoms with Crippen molar-refractivity contribution >= 4 is 29.5 Å². The molecule has 0 aromatic heterocycles. The Morgan fingerprint density at radius 3 is 2.08 bits per heavy atom. The van der Waals surface area contributed by atoms with Crippen LogP contribution in [0.3, 0.4) is 0 Å². The van der Waals surface area contributed by atoms with Crippen LogP contribution in [-0.4, -0.2) is 32.7 Å². The average molecular weight is 209 g/mol. The molecule has 9 nitrogen and oxygen atoms in total. The minimum atomic E-state index is -1.75. The number of hydrazine groups is 2. The van der Waals surface area contributed by atoms with Gasteiger partial charge in [-0.1, -0.05) is 0 Å². The Balaban J connectivity index is 4.46. The number of hydrogen-bond donors (Lipinski definition) is 4. The summed E-state index contributed by atoms with van der Waals surface area (Å²) in [6.45, 7) is 0. The van der Waals surface area contributed by atoms with Gasteiger partial charge in [0.15, 0.2) is 5.11 Å². The van der Waals surface area contributed by atoms with E-state index in [1.165, 1.54) is 0 Å². The molecule has 0 spiro atoms. The molecule has 2 amide bonds. The Morgan fingerprint density at radius 2 is 1.85 bits per heavy atom. The molecule has 7 N–H and O–H groups in total. The van der Waals surface area contributed by atoms with Gasteiger partial charge in [-0.15, -0.1) is 0 Å². The number of primary amides is 1. The minimum Gasteiger partial charge on any atom is -0.448 e. The fourth-order valence-corrected chi connectivity index (χ4v) is 0.594. The lowest BCUT2D eigenvalue weighted by Gasteiger charge is -2.23. The molecule has 0 aromatic rings. The molecule has 0 aliphatic heterocycles. The normalized spacial score (nSPS) is 9.38. The third kappa shape index (κ3) is 3.50. The molecule has 0 heterocycles. The molecule has 0 aromatic carbocycles. The third-order valence-corrected chi connectivity index (χ3v) is 0.959. The zero-order chi connectivity index (χ0) is 10.6. The maximum atomic E-state index is 10.5. The van der Waals surface area contributed by atoms with Gasteiger partial charge in [0.25, 0.3) is 0 Å². The predicted octanol–water partition coefficient (Wildman–Crippen LogP) is -1.69. The Hall–Kier alpha value is -1.65. The first-order valence-corrected chi connectivity index (χ1v) is 3.11. The number of hydrogen-bond acceptors (Lipinski definition) is 6. The highest BCUT2D eigenvalue weighted by atomic mass is 32.1. The lowest BCUT2D eigenvalue weighted by molar-refractivity contribution is -0.203. The van der Waals surface area contributed by atoms with Crippen LogP contribution in [0, 0.1) is 0 Å². The Morgan fingerprint density at radius 1 is 1.38 bits per heavy atom. The van der Waals surface area contributed by atoms with Gasteiger partial charge in [0.1, 0.15) is 0 Å². The molecule has 0 radical (unpaired) electrons. The fourth-order valence-electron chi connectivity index (χ4n) is 0.424. The first-order chi connectivity index (χ1) is 5.86. The molecule has 0 fully saturated rings. The van der Waals surface area contributed by atoms with E-state index in [4.69, 9.17) is 22.4 Å². The highest BCUT2D eigenvalue weighted by Gasteiger charge is 2.22. The number of carbonyl (C=O) groups excluding carboxylic acids is 1. The van der Waals surface area contributed by atoms with Crippen molar-refractivity contribution in [3.63, 3.8) is 0 Å². The van der Waals surface area contributed by atoms with E-state index in [-0.39, 0.29) is 10.3 Å². The second kappa shape index (κ2) is 4.39. The summed E-state index contributed by atoms with van der Waals surface area (Å²) in [5.74, 6) is 4.91. The van der Waals surface area contributed by atoms with E-state index in [0.717, 1.165) is 0 Å². The van der Waals surface area contributed by atoms with Gasteiger partial charge in [-0.25, -0.2) is 15.4 Å². The van der Waals surface area contributed by atoms with Gasteiger partial charge >= 0.3 is 12.2 Å². The van der Waals surface area contributed by atoms with Crippen molar-refractivity contribution in [2.45, 2.75) is 0 Å². The quantitative estimate of drug-likeness (QED) is 0.239. The van der Waals surface area contributed by atoms with Crippen LogP contribution in [0.4, 0.5) is 9.59 Å². The second-order valence-corrected chi connectivity index (χ2v) is 2.07. The summed E-state index contributed by atoms with van der Waals surface area (Å²) in [6.07, 6.45) is -1.75. The fraction of sp³-hybridized carbons (Fsp3) is 0. The first-order valence-electron chi connectivity index (χ1n) is 2.71. The van der Waals surface area contributed by atoms with Crippen molar-refractivity contribution in [1.29, 1.82) is 0 Å². The van der Waals surface area contributed by atoms with Crippen LogP contribution < -0.4 is 17.3 Å². The number of urea groups is 1. The summed E-state index contributed by atoms with van der Waals surface area (Å²) >= 11 is 4.33. The van der Waals surface area contributed by atoms with E-state index in [0.29, 0.717) is 0 Å². The lowest BCUT2D eigenvalue weighted by atomic mass is 10.9. The van der Waals surface area contributed by atoms with Crippen molar-refractivity contribution < 1.29 is 19.5 Å². The SMILES string of the molecule is NC(=O)N(C(N)=S)N(N)OC(=O)O. The largest absolute Gasteiger partial charge is 0.528 e. The van der Waals surface area contributed by atoms with Gasteiger partial charge in [0, 0.05) is 5.28 Å². The summed E-state index contributed by atoms with van der Waals surface area (Å²) in [5, 5.41) is 7.80. The zero-order valence-corrected chi connectivity index (χ0v) is 7.02. The second-order valence-electron chi connectivity index (χ2n) is 1.65. The van der Waals surface area contributed by atoms with E-state index in [2.05, 4.69) is 17.1 Å². The molecule has 0 atom stereocenters. The monoisotopic (exact) mass is 209 g/mol. The molecule has 74 valence electrons. The molecule has 10 heteroatoms. The van der Waals surface area contributed by atoms with Gasteiger partial charge < -0.3 is 16.6 Å².